The zero-order chi connectivity index (χ0) is 38.7. The van der Waals surface area contributed by atoms with Gasteiger partial charge in [0.1, 0.15) is 18.1 Å². The lowest BCUT2D eigenvalue weighted by atomic mass is 9.86. The van der Waals surface area contributed by atoms with Crippen molar-refractivity contribution in [1.29, 1.82) is 0 Å². The monoisotopic (exact) mass is 782 g/mol. The van der Waals surface area contributed by atoms with Crippen molar-refractivity contribution in [2.75, 3.05) is 15.8 Å². The highest BCUT2D eigenvalue weighted by atomic mass is 35.5. The van der Waals surface area contributed by atoms with E-state index in [2.05, 4.69) is 17.0 Å². The van der Waals surface area contributed by atoms with Gasteiger partial charge in [0, 0.05) is 17.2 Å². The fourth-order valence-corrected chi connectivity index (χ4v) is 8.40. The van der Waals surface area contributed by atoms with E-state index < -0.39 is 42.0 Å². The van der Waals surface area contributed by atoms with Gasteiger partial charge in [-0.3, -0.25) is 14.3 Å². The summed E-state index contributed by atoms with van der Waals surface area (Å²) in [5.74, 6) is -1.80. The van der Waals surface area contributed by atoms with Crippen LogP contribution in [-0.2, 0) is 36.1 Å². The van der Waals surface area contributed by atoms with Gasteiger partial charge in [0.25, 0.3) is 5.91 Å². The average molecular weight is 783 g/mol. The predicted octanol–water partition coefficient (Wildman–Crippen LogP) is 8.77. The van der Waals surface area contributed by atoms with Crippen LogP contribution in [-0.4, -0.2) is 39.3 Å². The Morgan fingerprint density at radius 1 is 0.736 bits per heavy atom. The Labute approximate surface area is 318 Å². The molecule has 0 aromatic heterocycles. The normalized spacial score (nSPS) is 13.1. The van der Waals surface area contributed by atoms with Gasteiger partial charge in [-0.2, -0.15) is 0 Å². The SMILES string of the molecule is CCCCCCCCS(=O)(=O)Nc1cc(OC(Cl)(C(=O)Nc2ccccc2)C(=O)C(C)(C)C)ccc1S(=O)(=O)c1ccc(OCc2ccccc2)cc1. The molecule has 10 nitrogen and oxygen atoms in total. The first kappa shape index (κ1) is 41.4. The molecule has 1 amide bonds. The molecule has 0 aliphatic rings. The number of alkyl halides is 1. The van der Waals surface area contributed by atoms with Crippen molar-refractivity contribution in [3.05, 3.63) is 109 Å². The zero-order valence-corrected chi connectivity index (χ0v) is 32.8. The van der Waals surface area contributed by atoms with E-state index in [0.717, 1.165) is 43.4 Å². The van der Waals surface area contributed by atoms with Crippen molar-refractivity contribution in [2.24, 2.45) is 5.41 Å². The van der Waals surface area contributed by atoms with E-state index in [1.165, 1.54) is 30.3 Å². The molecule has 13 heteroatoms. The predicted molar refractivity (Wildman–Crippen MR) is 209 cm³/mol. The van der Waals surface area contributed by atoms with Crippen LogP contribution in [0.2, 0.25) is 0 Å². The molecule has 1 atom stereocenters. The molecular formula is C40H47ClN2O8S2. The van der Waals surface area contributed by atoms with Crippen molar-refractivity contribution in [3.63, 3.8) is 0 Å². The first-order valence-corrected chi connectivity index (χ1v) is 21.0. The number of Topliss-reactive ketones (excluding diaryl/α,β-unsaturated/α-hetero) is 1. The third kappa shape index (κ3) is 11.5. The van der Waals surface area contributed by atoms with Crippen LogP contribution in [0.3, 0.4) is 0 Å². The number of sulfone groups is 1. The highest BCUT2D eigenvalue weighted by Crippen LogP contribution is 2.37. The maximum Gasteiger partial charge on any atom is 0.320 e. The molecule has 4 aromatic carbocycles. The summed E-state index contributed by atoms with van der Waals surface area (Å²) in [6.45, 7) is 7.08. The lowest BCUT2D eigenvalue weighted by Gasteiger charge is -2.31. The minimum atomic E-state index is -4.34. The maximum atomic E-state index is 14.1. The lowest BCUT2D eigenvalue weighted by molar-refractivity contribution is -0.144. The van der Waals surface area contributed by atoms with E-state index in [9.17, 15) is 26.4 Å². The number of benzene rings is 4. The van der Waals surface area contributed by atoms with Crippen LogP contribution in [0.25, 0.3) is 0 Å². The van der Waals surface area contributed by atoms with Gasteiger partial charge in [-0.15, -0.1) is 0 Å². The molecule has 0 saturated heterocycles. The van der Waals surface area contributed by atoms with Gasteiger partial charge in [-0.25, -0.2) is 16.8 Å². The third-order valence-electron chi connectivity index (χ3n) is 8.21. The number of nitrogens with one attached hydrogen (secondary N) is 2. The number of sulfonamides is 1. The summed E-state index contributed by atoms with van der Waals surface area (Å²) in [5, 5.41) is -0.0169. The molecular weight excluding hydrogens is 736 g/mol. The van der Waals surface area contributed by atoms with Gasteiger partial charge in [0.2, 0.25) is 25.6 Å². The highest BCUT2D eigenvalue weighted by molar-refractivity contribution is 7.93. The number of amides is 1. The lowest BCUT2D eigenvalue weighted by Crippen LogP contribution is -2.54. The van der Waals surface area contributed by atoms with Crippen molar-refractivity contribution >= 4 is 54.5 Å². The van der Waals surface area contributed by atoms with Gasteiger partial charge >= 0.3 is 5.06 Å². The number of carbonyl (C=O) groups excluding carboxylic acids is 2. The number of rotatable bonds is 19. The molecule has 284 valence electrons. The van der Waals surface area contributed by atoms with E-state index in [1.54, 1.807) is 51.1 Å². The number of ketones is 1. The van der Waals surface area contributed by atoms with Crippen molar-refractivity contribution in [1.82, 2.24) is 0 Å². The van der Waals surface area contributed by atoms with Gasteiger partial charge in [0.05, 0.1) is 21.2 Å². The standard InChI is InChI=1S/C40H47ClN2O8S2/c1-5-6-7-8-9-16-27-52(46,47)43-35-28-33(51-40(41,37(44)39(2,3)4)38(45)42-31-19-14-11-15-20-31)23-26-36(35)53(48,49)34-24-21-32(22-25-34)50-29-30-17-12-10-13-18-30/h10-15,17-26,28,43H,5-9,16,27,29H2,1-4H3,(H,42,45). The van der Waals surface area contributed by atoms with Crippen LogP contribution in [0.4, 0.5) is 11.4 Å². The summed E-state index contributed by atoms with van der Waals surface area (Å²) in [6, 6.07) is 27.1. The molecule has 0 bridgehead atoms. The second kappa shape index (κ2) is 18.1. The van der Waals surface area contributed by atoms with E-state index in [0.29, 0.717) is 24.3 Å². The van der Waals surface area contributed by atoms with Crippen LogP contribution < -0.4 is 19.5 Å². The smallest absolute Gasteiger partial charge is 0.320 e. The summed E-state index contributed by atoms with van der Waals surface area (Å²) < 4.78 is 69.1. The van der Waals surface area contributed by atoms with Gasteiger partial charge in [0.15, 0.2) is 0 Å². The van der Waals surface area contributed by atoms with Crippen molar-refractivity contribution < 1.29 is 35.9 Å². The Morgan fingerprint density at radius 3 is 1.94 bits per heavy atom. The van der Waals surface area contributed by atoms with Crippen LogP contribution in [0.1, 0.15) is 71.8 Å². The van der Waals surface area contributed by atoms with Crippen LogP contribution >= 0.6 is 11.6 Å². The first-order valence-electron chi connectivity index (χ1n) is 17.5. The number of para-hydroxylation sites is 1. The summed E-state index contributed by atoms with van der Waals surface area (Å²) >= 11 is 6.77. The number of halogens is 1. The Hall–Kier alpha value is -4.39. The number of hydrogen-bond donors (Lipinski definition) is 2. The van der Waals surface area contributed by atoms with Crippen molar-refractivity contribution in [3.8, 4) is 11.5 Å². The quantitative estimate of drug-likeness (QED) is 0.0546. The number of unbranched alkanes of at least 4 members (excludes halogenated alkanes) is 5. The van der Waals surface area contributed by atoms with Gasteiger partial charge < -0.3 is 14.8 Å². The fraction of sp³-hybridized carbons (Fsp3) is 0.350. The van der Waals surface area contributed by atoms with Gasteiger partial charge in [-0.05, 0) is 60.5 Å². The first-order chi connectivity index (χ1) is 25.0. The Bertz CT molecular complexity index is 2050. The van der Waals surface area contributed by atoms with Crippen LogP contribution in [0.15, 0.2) is 113 Å². The minimum Gasteiger partial charge on any atom is -0.489 e. The molecule has 0 spiro atoms. The largest absolute Gasteiger partial charge is 0.489 e. The van der Waals surface area contributed by atoms with E-state index in [-0.39, 0.29) is 33.6 Å². The van der Waals surface area contributed by atoms with E-state index >= 15 is 0 Å². The van der Waals surface area contributed by atoms with Gasteiger partial charge in [-0.1, -0.05) is 120 Å². The van der Waals surface area contributed by atoms with E-state index in [1.807, 2.05) is 30.3 Å². The molecule has 0 heterocycles. The number of carbonyl (C=O) groups is 2. The molecule has 53 heavy (non-hydrogen) atoms. The molecule has 1 unspecified atom stereocenters. The summed E-state index contributed by atoms with van der Waals surface area (Å²) in [6.07, 6.45) is 5.04. The molecule has 4 aromatic rings. The van der Waals surface area contributed by atoms with Crippen LogP contribution in [0.5, 0.6) is 11.5 Å². The Balaban J connectivity index is 1.69. The molecule has 0 radical (unpaired) electrons. The second-order valence-corrected chi connectivity index (χ2v) is 18.0. The minimum absolute atomic E-state index is 0.119. The van der Waals surface area contributed by atoms with E-state index in [4.69, 9.17) is 21.1 Å². The number of ether oxygens (including phenoxy) is 2. The van der Waals surface area contributed by atoms with Crippen LogP contribution in [0, 0.1) is 5.41 Å². The van der Waals surface area contributed by atoms with Crippen molar-refractivity contribution in [2.45, 2.75) is 87.7 Å². The second-order valence-electron chi connectivity index (χ2n) is 13.7. The Kier molecular flexibility index (Phi) is 14.1. The number of anilines is 2. The fourth-order valence-electron chi connectivity index (χ4n) is 5.33. The molecule has 4 rings (SSSR count). The molecule has 0 aliphatic carbocycles. The third-order valence-corrected chi connectivity index (χ3v) is 11.8. The molecule has 0 saturated carbocycles. The Morgan fingerprint density at radius 2 is 1.32 bits per heavy atom. The molecule has 2 N–H and O–H groups in total. The summed E-state index contributed by atoms with van der Waals surface area (Å²) in [5.41, 5.74) is -0.193. The highest BCUT2D eigenvalue weighted by Gasteiger charge is 2.51. The molecule has 0 fully saturated rings. The summed E-state index contributed by atoms with van der Waals surface area (Å²) in [7, 11) is -8.39. The topological polar surface area (TPSA) is 145 Å². The number of hydrogen-bond acceptors (Lipinski definition) is 8. The maximum absolute atomic E-state index is 14.1. The summed E-state index contributed by atoms with van der Waals surface area (Å²) in [4.78, 5) is 26.8. The zero-order valence-electron chi connectivity index (χ0n) is 30.4. The molecule has 0 aliphatic heterocycles. The average Bonchev–Trinajstić information content (AvgIpc) is 3.12.